The summed E-state index contributed by atoms with van der Waals surface area (Å²) in [5.74, 6) is -0.177. The Kier molecular flexibility index (Phi) is 4.22. The number of hydrogen-bond donors (Lipinski definition) is 1. The van der Waals surface area contributed by atoms with E-state index in [0.29, 0.717) is 0 Å². The Bertz CT molecular complexity index is 580. The maximum Gasteiger partial charge on any atom is 0.165 e. The van der Waals surface area contributed by atoms with Gasteiger partial charge in [0.1, 0.15) is 0 Å². The smallest absolute Gasteiger partial charge is 0.165 e. The lowest BCUT2D eigenvalue weighted by Crippen LogP contribution is -2.12. The highest BCUT2D eigenvalue weighted by Crippen LogP contribution is 2.27. The fourth-order valence-corrected chi connectivity index (χ4v) is 2.64. The SMILES string of the molecule is COc1ccc(C(N)c2cc(C)cc(Br)c2)cc1F. The number of halogens is 2. The van der Waals surface area contributed by atoms with Gasteiger partial charge in [-0.15, -0.1) is 0 Å². The molecule has 1 unspecified atom stereocenters. The molecule has 19 heavy (non-hydrogen) atoms. The first-order valence-corrected chi connectivity index (χ1v) is 6.66. The molecule has 2 N–H and O–H groups in total. The van der Waals surface area contributed by atoms with Crippen LogP contribution in [0.15, 0.2) is 40.9 Å². The third kappa shape index (κ3) is 3.14. The second kappa shape index (κ2) is 5.72. The van der Waals surface area contributed by atoms with Crippen molar-refractivity contribution >= 4 is 15.9 Å². The Morgan fingerprint density at radius 2 is 1.89 bits per heavy atom. The van der Waals surface area contributed by atoms with Gasteiger partial charge in [0.25, 0.3) is 0 Å². The van der Waals surface area contributed by atoms with Crippen molar-refractivity contribution < 1.29 is 9.13 Å². The molecular formula is C15H15BrFNO. The Labute approximate surface area is 120 Å². The summed E-state index contributed by atoms with van der Waals surface area (Å²) in [4.78, 5) is 0. The van der Waals surface area contributed by atoms with Gasteiger partial charge in [-0.25, -0.2) is 4.39 Å². The first kappa shape index (κ1) is 14.0. The van der Waals surface area contributed by atoms with E-state index >= 15 is 0 Å². The Balaban J connectivity index is 2.38. The first-order valence-electron chi connectivity index (χ1n) is 5.87. The molecule has 0 aromatic heterocycles. The number of nitrogens with two attached hydrogens (primary N) is 1. The topological polar surface area (TPSA) is 35.2 Å². The standard InChI is InChI=1S/C15H15BrFNO/c1-9-5-11(7-12(16)6-9)15(18)10-3-4-14(19-2)13(17)8-10/h3-8,15H,18H2,1-2H3. The van der Waals surface area contributed by atoms with Gasteiger partial charge in [-0.2, -0.15) is 0 Å². The summed E-state index contributed by atoms with van der Waals surface area (Å²) in [6.07, 6.45) is 0. The summed E-state index contributed by atoms with van der Waals surface area (Å²) in [5, 5.41) is 0. The largest absolute Gasteiger partial charge is 0.494 e. The molecule has 0 aliphatic rings. The number of aryl methyl sites for hydroxylation is 1. The molecular weight excluding hydrogens is 309 g/mol. The Morgan fingerprint density at radius 1 is 1.16 bits per heavy atom. The fourth-order valence-electron chi connectivity index (χ4n) is 2.01. The number of benzene rings is 2. The third-order valence-corrected chi connectivity index (χ3v) is 3.42. The molecule has 2 rings (SSSR count). The van der Waals surface area contributed by atoms with Crippen molar-refractivity contribution in [2.75, 3.05) is 7.11 Å². The van der Waals surface area contributed by atoms with Crippen LogP contribution < -0.4 is 10.5 Å². The second-order valence-electron chi connectivity index (χ2n) is 4.43. The van der Waals surface area contributed by atoms with E-state index in [-0.39, 0.29) is 11.8 Å². The van der Waals surface area contributed by atoms with Gasteiger partial charge in [0.2, 0.25) is 0 Å². The summed E-state index contributed by atoms with van der Waals surface area (Å²) in [7, 11) is 1.44. The lowest BCUT2D eigenvalue weighted by Gasteiger charge is -2.15. The van der Waals surface area contributed by atoms with Gasteiger partial charge < -0.3 is 10.5 Å². The van der Waals surface area contributed by atoms with Gasteiger partial charge in [0.15, 0.2) is 11.6 Å². The number of ether oxygens (including phenoxy) is 1. The number of rotatable bonds is 3. The molecule has 2 aromatic carbocycles. The molecule has 4 heteroatoms. The van der Waals surface area contributed by atoms with Gasteiger partial charge in [-0.05, 0) is 47.9 Å². The number of hydrogen-bond acceptors (Lipinski definition) is 2. The normalized spacial score (nSPS) is 12.3. The average molecular weight is 324 g/mol. The van der Waals surface area contributed by atoms with Crippen molar-refractivity contribution in [1.82, 2.24) is 0 Å². The van der Waals surface area contributed by atoms with Crippen molar-refractivity contribution in [2.45, 2.75) is 13.0 Å². The molecule has 0 spiro atoms. The molecule has 0 aliphatic heterocycles. The molecule has 2 aromatic rings. The third-order valence-electron chi connectivity index (χ3n) is 2.96. The minimum atomic E-state index is -0.401. The molecule has 100 valence electrons. The van der Waals surface area contributed by atoms with Crippen LogP contribution in [-0.2, 0) is 0 Å². The summed E-state index contributed by atoms with van der Waals surface area (Å²) in [6.45, 7) is 2.00. The summed E-state index contributed by atoms with van der Waals surface area (Å²) in [6, 6.07) is 10.4. The molecule has 0 heterocycles. The van der Waals surface area contributed by atoms with Crippen molar-refractivity contribution in [1.29, 1.82) is 0 Å². The van der Waals surface area contributed by atoms with E-state index in [2.05, 4.69) is 15.9 Å². The number of methoxy groups -OCH3 is 1. The van der Waals surface area contributed by atoms with E-state index in [1.54, 1.807) is 12.1 Å². The van der Waals surface area contributed by atoms with Crippen LogP contribution in [0.2, 0.25) is 0 Å². The molecule has 1 atom stereocenters. The zero-order valence-electron chi connectivity index (χ0n) is 10.8. The molecule has 0 radical (unpaired) electrons. The van der Waals surface area contributed by atoms with Crippen LogP contribution in [0, 0.1) is 12.7 Å². The average Bonchev–Trinajstić information content (AvgIpc) is 2.36. The second-order valence-corrected chi connectivity index (χ2v) is 5.35. The minimum Gasteiger partial charge on any atom is -0.494 e. The van der Waals surface area contributed by atoms with Crippen LogP contribution in [0.4, 0.5) is 4.39 Å². The zero-order valence-corrected chi connectivity index (χ0v) is 12.4. The van der Waals surface area contributed by atoms with E-state index in [1.807, 2.05) is 25.1 Å². The van der Waals surface area contributed by atoms with E-state index in [1.165, 1.54) is 13.2 Å². The van der Waals surface area contributed by atoms with Crippen molar-refractivity contribution in [3.63, 3.8) is 0 Å². The van der Waals surface area contributed by atoms with Crippen molar-refractivity contribution in [2.24, 2.45) is 5.73 Å². The van der Waals surface area contributed by atoms with Gasteiger partial charge in [0, 0.05) is 4.47 Å². The van der Waals surface area contributed by atoms with E-state index < -0.39 is 5.82 Å². The predicted octanol–water partition coefficient (Wildman–Crippen LogP) is 3.95. The lowest BCUT2D eigenvalue weighted by molar-refractivity contribution is 0.386. The highest BCUT2D eigenvalue weighted by Gasteiger charge is 2.12. The van der Waals surface area contributed by atoms with Gasteiger partial charge >= 0.3 is 0 Å². The van der Waals surface area contributed by atoms with Crippen LogP contribution in [0.3, 0.4) is 0 Å². The molecule has 0 bridgehead atoms. The predicted molar refractivity (Wildman–Crippen MR) is 77.9 cm³/mol. The van der Waals surface area contributed by atoms with Crippen LogP contribution in [-0.4, -0.2) is 7.11 Å². The molecule has 0 amide bonds. The Morgan fingerprint density at radius 3 is 2.47 bits per heavy atom. The zero-order chi connectivity index (χ0) is 14.0. The highest BCUT2D eigenvalue weighted by molar-refractivity contribution is 9.10. The van der Waals surface area contributed by atoms with Crippen LogP contribution in [0.25, 0.3) is 0 Å². The van der Waals surface area contributed by atoms with E-state index in [9.17, 15) is 4.39 Å². The van der Waals surface area contributed by atoms with Gasteiger partial charge in [-0.3, -0.25) is 0 Å². The molecule has 0 fully saturated rings. The fraction of sp³-hybridized carbons (Fsp3) is 0.200. The van der Waals surface area contributed by atoms with Crippen LogP contribution in [0.1, 0.15) is 22.7 Å². The Hall–Kier alpha value is -1.39. The maximum atomic E-state index is 13.7. The van der Waals surface area contributed by atoms with Crippen molar-refractivity contribution in [3.8, 4) is 5.75 Å². The first-order chi connectivity index (χ1) is 9.01. The van der Waals surface area contributed by atoms with Crippen molar-refractivity contribution in [3.05, 3.63) is 63.4 Å². The molecule has 0 aliphatic carbocycles. The highest BCUT2D eigenvalue weighted by atomic mass is 79.9. The quantitative estimate of drug-likeness (QED) is 0.928. The lowest BCUT2D eigenvalue weighted by atomic mass is 9.98. The van der Waals surface area contributed by atoms with Crippen LogP contribution in [0.5, 0.6) is 5.75 Å². The monoisotopic (exact) mass is 323 g/mol. The summed E-state index contributed by atoms with van der Waals surface area (Å²) in [5.41, 5.74) is 8.95. The van der Waals surface area contributed by atoms with Gasteiger partial charge in [-0.1, -0.05) is 28.1 Å². The minimum absolute atomic E-state index is 0.223. The van der Waals surface area contributed by atoms with E-state index in [4.69, 9.17) is 10.5 Å². The summed E-state index contributed by atoms with van der Waals surface area (Å²) >= 11 is 3.44. The summed E-state index contributed by atoms with van der Waals surface area (Å²) < 4.78 is 19.6. The molecule has 0 saturated carbocycles. The maximum absolute atomic E-state index is 13.7. The molecule has 2 nitrogen and oxygen atoms in total. The van der Waals surface area contributed by atoms with E-state index in [0.717, 1.165) is 21.2 Å². The van der Waals surface area contributed by atoms with Gasteiger partial charge in [0.05, 0.1) is 13.2 Å². The molecule has 0 saturated heterocycles. The van der Waals surface area contributed by atoms with Crippen LogP contribution >= 0.6 is 15.9 Å².